The second-order valence-corrected chi connectivity index (χ2v) is 5.71. The van der Waals surface area contributed by atoms with Crippen molar-refractivity contribution in [2.24, 2.45) is 0 Å². The second kappa shape index (κ2) is 6.98. The first kappa shape index (κ1) is 15.9. The number of amides is 2. The third-order valence-electron chi connectivity index (χ3n) is 3.52. The van der Waals surface area contributed by atoms with E-state index >= 15 is 0 Å². The summed E-state index contributed by atoms with van der Waals surface area (Å²) >= 11 is 0. The summed E-state index contributed by atoms with van der Waals surface area (Å²) in [6, 6.07) is 15.9. The van der Waals surface area contributed by atoms with Gasteiger partial charge in [-0.25, -0.2) is 4.79 Å². The Morgan fingerprint density at radius 3 is 2.09 bits per heavy atom. The highest BCUT2D eigenvalue weighted by Gasteiger charge is 2.09. The molecule has 2 rings (SSSR count). The van der Waals surface area contributed by atoms with Crippen molar-refractivity contribution in [1.29, 1.82) is 0 Å². The van der Waals surface area contributed by atoms with Crippen molar-refractivity contribution in [1.82, 2.24) is 4.90 Å². The summed E-state index contributed by atoms with van der Waals surface area (Å²) < 4.78 is 0. The number of rotatable bonds is 4. The summed E-state index contributed by atoms with van der Waals surface area (Å²) in [5.74, 6) is 0. The molecule has 0 heterocycles. The zero-order valence-electron chi connectivity index (χ0n) is 13.6. The van der Waals surface area contributed by atoms with Gasteiger partial charge in [-0.05, 0) is 36.8 Å². The lowest BCUT2D eigenvalue weighted by Gasteiger charge is -2.19. The van der Waals surface area contributed by atoms with E-state index < -0.39 is 0 Å². The van der Waals surface area contributed by atoms with Crippen molar-refractivity contribution in [3.8, 4) is 0 Å². The van der Waals surface area contributed by atoms with Gasteiger partial charge in [0.25, 0.3) is 0 Å². The van der Waals surface area contributed by atoms with Crippen LogP contribution in [-0.2, 0) is 6.54 Å². The van der Waals surface area contributed by atoms with Crippen LogP contribution in [0.2, 0.25) is 0 Å². The van der Waals surface area contributed by atoms with Crippen LogP contribution in [0.4, 0.5) is 16.2 Å². The van der Waals surface area contributed by atoms with Gasteiger partial charge in [0.15, 0.2) is 0 Å². The number of nitrogens with one attached hydrogen (secondary N) is 1. The Bertz CT molecular complexity index is 618. The summed E-state index contributed by atoms with van der Waals surface area (Å²) in [7, 11) is 5.82. The fraction of sp³-hybridized carbons (Fsp3) is 0.278. The summed E-state index contributed by atoms with van der Waals surface area (Å²) in [5.41, 5.74) is 4.24. The van der Waals surface area contributed by atoms with Crippen LogP contribution in [0.1, 0.15) is 11.1 Å². The molecule has 2 aromatic rings. The highest BCUT2D eigenvalue weighted by molar-refractivity contribution is 5.89. The molecule has 116 valence electrons. The average molecular weight is 297 g/mol. The molecule has 22 heavy (non-hydrogen) atoms. The van der Waals surface area contributed by atoms with Gasteiger partial charge < -0.3 is 15.1 Å². The standard InChI is InChI=1S/C18H23N3O/c1-14-5-9-16(10-6-14)19-18(22)21(4)13-15-7-11-17(12-8-15)20(2)3/h5-12H,13H2,1-4H3,(H,19,22). The van der Waals surface area contributed by atoms with Crippen LogP contribution in [0.25, 0.3) is 0 Å². The summed E-state index contributed by atoms with van der Waals surface area (Å²) in [4.78, 5) is 15.9. The van der Waals surface area contributed by atoms with E-state index in [1.54, 1.807) is 11.9 Å². The van der Waals surface area contributed by atoms with Crippen LogP contribution in [0.15, 0.2) is 48.5 Å². The number of carbonyl (C=O) groups excluding carboxylic acids is 1. The largest absolute Gasteiger partial charge is 0.378 e. The normalized spacial score (nSPS) is 10.2. The predicted molar refractivity (Wildman–Crippen MR) is 92.4 cm³/mol. The Balaban J connectivity index is 1.94. The Kier molecular flexibility index (Phi) is 5.04. The maximum absolute atomic E-state index is 12.2. The molecule has 0 aliphatic carbocycles. The van der Waals surface area contributed by atoms with Crippen molar-refractivity contribution in [3.05, 3.63) is 59.7 Å². The highest BCUT2D eigenvalue weighted by atomic mass is 16.2. The van der Waals surface area contributed by atoms with Gasteiger partial charge in [0.05, 0.1) is 0 Å². The van der Waals surface area contributed by atoms with E-state index in [4.69, 9.17) is 0 Å². The Hall–Kier alpha value is -2.49. The number of benzene rings is 2. The third kappa shape index (κ3) is 4.25. The lowest BCUT2D eigenvalue weighted by Crippen LogP contribution is -2.30. The molecule has 0 radical (unpaired) electrons. The molecule has 0 atom stereocenters. The van der Waals surface area contributed by atoms with Crippen LogP contribution < -0.4 is 10.2 Å². The summed E-state index contributed by atoms with van der Waals surface area (Å²) in [5, 5.41) is 2.90. The Labute approximate surface area is 132 Å². The molecule has 0 bridgehead atoms. The maximum atomic E-state index is 12.2. The van der Waals surface area contributed by atoms with Gasteiger partial charge in [0, 0.05) is 39.1 Å². The highest BCUT2D eigenvalue weighted by Crippen LogP contribution is 2.14. The van der Waals surface area contributed by atoms with E-state index in [0.29, 0.717) is 6.54 Å². The van der Waals surface area contributed by atoms with Crippen molar-refractivity contribution in [3.63, 3.8) is 0 Å². The van der Waals surface area contributed by atoms with E-state index in [1.807, 2.05) is 57.4 Å². The van der Waals surface area contributed by atoms with E-state index in [0.717, 1.165) is 16.9 Å². The molecule has 0 spiro atoms. The smallest absolute Gasteiger partial charge is 0.321 e. The van der Waals surface area contributed by atoms with Gasteiger partial charge in [-0.3, -0.25) is 0 Å². The number of hydrogen-bond donors (Lipinski definition) is 1. The van der Waals surface area contributed by atoms with Crippen molar-refractivity contribution in [2.45, 2.75) is 13.5 Å². The number of urea groups is 1. The fourth-order valence-electron chi connectivity index (χ4n) is 2.10. The molecule has 1 N–H and O–H groups in total. The Morgan fingerprint density at radius 2 is 1.55 bits per heavy atom. The number of anilines is 2. The zero-order chi connectivity index (χ0) is 16.1. The van der Waals surface area contributed by atoms with Crippen LogP contribution >= 0.6 is 0 Å². The van der Waals surface area contributed by atoms with Crippen molar-refractivity contribution in [2.75, 3.05) is 31.4 Å². The van der Waals surface area contributed by atoms with E-state index in [-0.39, 0.29) is 6.03 Å². The van der Waals surface area contributed by atoms with Gasteiger partial charge in [-0.2, -0.15) is 0 Å². The number of aryl methyl sites for hydroxylation is 1. The van der Waals surface area contributed by atoms with Gasteiger partial charge in [-0.15, -0.1) is 0 Å². The van der Waals surface area contributed by atoms with Crippen LogP contribution in [0.3, 0.4) is 0 Å². The minimum absolute atomic E-state index is 0.111. The molecule has 0 saturated carbocycles. The molecule has 0 aliphatic rings. The van der Waals surface area contributed by atoms with E-state index in [1.165, 1.54) is 5.56 Å². The van der Waals surface area contributed by atoms with Crippen LogP contribution in [0.5, 0.6) is 0 Å². The van der Waals surface area contributed by atoms with Gasteiger partial charge in [0.1, 0.15) is 0 Å². The molecule has 4 nitrogen and oxygen atoms in total. The summed E-state index contributed by atoms with van der Waals surface area (Å²) in [6.45, 7) is 2.60. The number of carbonyl (C=O) groups is 1. The molecule has 0 unspecified atom stereocenters. The topological polar surface area (TPSA) is 35.6 Å². The van der Waals surface area contributed by atoms with Gasteiger partial charge in [0.2, 0.25) is 0 Å². The van der Waals surface area contributed by atoms with Gasteiger partial charge >= 0.3 is 6.03 Å². The minimum Gasteiger partial charge on any atom is -0.378 e. The molecule has 0 aromatic heterocycles. The van der Waals surface area contributed by atoms with E-state index in [9.17, 15) is 4.79 Å². The number of hydrogen-bond acceptors (Lipinski definition) is 2. The molecule has 0 fully saturated rings. The lowest BCUT2D eigenvalue weighted by molar-refractivity contribution is 0.220. The molecule has 0 aliphatic heterocycles. The molecular formula is C18H23N3O. The Morgan fingerprint density at radius 1 is 0.955 bits per heavy atom. The lowest BCUT2D eigenvalue weighted by atomic mass is 10.2. The maximum Gasteiger partial charge on any atom is 0.321 e. The monoisotopic (exact) mass is 297 g/mol. The first-order valence-electron chi connectivity index (χ1n) is 7.31. The molecule has 2 aromatic carbocycles. The molecule has 4 heteroatoms. The predicted octanol–water partition coefficient (Wildman–Crippen LogP) is 3.72. The molecule has 2 amide bonds. The minimum atomic E-state index is -0.111. The van der Waals surface area contributed by atoms with Crippen molar-refractivity contribution < 1.29 is 4.79 Å². The summed E-state index contributed by atoms with van der Waals surface area (Å²) in [6.07, 6.45) is 0. The first-order chi connectivity index (χ1) is 10.5. The number of nitrogens with zero attached hydrogens (tertiary/aromatic N) is 2. The van der Waals surface area contributed by atoms with Crippen LogP contribution in [-0.4, -0.2) is 32.1 Å². The van der Waals surface area contributed by atoms with E-state index in [2.05, 4.69) is 22.3 Å². The first-order valence-corrected chi connectivity index (χ1v) is 7.31. The third-order valence-corrected chi connectivity index (χ3v) is 3.52. The average Bonchev–Trinajstić information content (AvgIpc) is 2.50. The molecule has 0 saturated heterocycles. The fourth-order valence-corrected chi connectivity index (χ4v) is 2.10. The van der Waals surface area contributed by atoms with Crippen molar-refractivity contribution >= 4 is 17.4 Å². The quantitative estimate of drug-likeness (QED) is 0.933. The molecular weight excluding hydrogens is 274 g/mol. The van der Waals surface area contributed by atoms with Gasteiger partial charge in [-0.1, -0.05) is 29.8 Å². The van der Waals surface area contributed by atoms with Crippen LogP contribution in [0, 0.1) is 6.92 Å². The zero-order valence-corrected chi connectivity index (χ0v) is 13.6. The SMILES string of the molecule is Cc1ccc(NC(=O)N(C)Cc2ccc(N(C)C)cc2)cc1. The second-order valence-electron chi connectivity index (χ2n) is 5.71.